The van der Waals surface area contributed by atoms with Crippen LogP contribution in [0.1, 0.15) is 13.3 Å². The predicted octanol–water partition coefficient (Wildman–Crippen LogP) is 0.0789. The molecule has 2 aliphatic heterocycles. The van der Waals surface area contributed by atoms with Gasteiger partial charge in [-0.05, 0) is 31.5 Å². The third kappa shape index (κ3) is 4.32. The van der Waals surface area contributed by atoms with Gasteiger partial charge in [0.2, 0.25) is 0 Å². The van der Waals surface area contributed by atoms with E-state index in [-0.39, 0.29) is 29.5 Å². The average Bonchev–Trinajstić information content (AvgIpc) is 3.00. The Morgan fingerprint density at radius 3 is 2.62 bits per heavy atom. The number of nitrogens with zero attached hydrogens (tertiary/aromatic N) is 2. The van der Waals surface area contributed by atoms with Gasteiger partial charge in [0.15, 0.2) is 15.9 Å². The molecule has 0 saturated carbocycles. The number of halogens is 1. The second-order valence-corrected chi connectivity index (χ2v) is 10.0. The first-order valence-electron chi connectivity index (χ1n) is 9.09. The normalized spacial score (nSPS) is 24.4. The zero-order valence-electron chi connectivity index (χ0n) is 15.3. The van der Waals surface area contributed by atoms with E-state index in [1.54, 1.807) is 11.9 Å². The third-order valence-electron chi connectivity index (χ3n) is 5.67. The van der Waals surface area contributed by atoms with Crippen molar-refractivity contribution in [2.45, 2.75) is 25.4 Å². The van der Waals surface area contributed by atoms with Gasteiger partial charge in [0, 0.05) is 23.8 Å². The van der Waals surface area contributed by atoms with E-state index < -0.39 is 9.84 Å². The molecular weight excluding hydrogens is 374 g/mol. The van der Waals surface area contributed by atoms with Gasteiger partial charge in [-0.3, -0.25) is 4.79 Å². The number of carbonyl (C=O) groups is 1. The molecular formula is C18H27ClN3O3S+. The van der Waals surface area contributed by atoms with Crippen LogP contribution in [0.5, 0.6) is 0 Å². The Morgan fingerprint density at radius 2 is 2.04 bits per heavy atom. The lowest BCUT2D eigenvalue weighted by atomic mass is 10.1. The van der Waals surface area contributed by atoms with Gasteiger partial charge in [-0.15, -0.1) is 0 Å². The van der Waals surface area contributed by atoms with Crippen molar-refractivity contribution in [2.24, 2.45) is 0 Å². The molecule has 0 aromatic heterocycles. The largest absolute Gasteiger partial charge is 0.360 e. The summed E-state index contributed by atoms with van der Waals surface area (Å²) in [5.74, 6) is 0.326. The number of amides is 1. The van der Waals surface area contributed by atoms with Crippen molar-refractivity contribution in [2.75, 3.05) is 49.6 Å². The summed E-state index contributed by atoms with van der Waals surface area (Å²) in [5, 5.41) is 0.731. The Balaban J connectivity index is 1.56. The van der Waals surface area contributed by atoms with E-state index in [0.29, 0.717) is 6.42 Å². The zero-order chi connectivity index (χ0) is 18.9. The summed E-state index contributed by atoms with van der Waals surface area (Å²) in [5.41, 5.74) is 1.11. The van der Waals surface area contributed by atoms with Crippen LogP contribution in [-0.4, -0.2) is 76.0 Å². The molecule has 2 fully saturated rings. The Morgan fingerprint density at radius 1 is 1.35 bits per heavy atom. The second-order valence-electron chi connectivity index (χ2n) is 7.35. The fraction of sp³-hybridized carbons (Fsp3) is 0.611. The van der Waals surface area contributed by atoms with Crippen molar-refractivity contribution < 1.29 is 18.1 Å². The van der Waals surface area contributed by atoms with Gasteiger partial charge < -0.3 is 14.7 Å². The highest BCUT2D eigenvalue weighted by Crippen LogP contribution is 2.19. The number of carbonyl (C=O) groups excluding carboxylic acids is 1. The Bertz CT molecular complexity index is 763. The first-order chi connectivity index (χ1) is 12.3. The monoisotopic (exact) mass is 400 g/mol. The number of benzene rings is 1. The Hall–Kier alpha value is -1.31. The van der Waals surface area contributed by atoms with E-state index in [9.17, 15) is 13.2 Å². The molecule has 6 nitrogen and oxygen atoms in total. The van der Waals surface area contributed by atoms with Gasteiger partial charge in [0.1, 0.15) is 0 Å². The standard InChI is InChI=1S/C18H26ClN3O3S/c1-14(18(23)20(2)17-6-11-26(24,25)13-17)21-7-9-22(10-8-21)16-5-3-4-15(19)12-16/h3-5,12,14,17H,6-11,13H2,1-2H3/p+1/t14-,17+/m1/s1. The fourth-order valence-electron chi connectivity index (χ4n) is 3.90. The number of piperazine rings is 1. The maximum Gasteiger partial charge on any atom is 0.280 e. The van der Waals surface area contributed by atoms with Crippen molar-refractivity contribution >= 4 is 33.0 Å². The zero-order valence-corrected chi connectivity index (χ0v) is 16.9. The van der Waals surface area contributed by atoms with Crippen LogP contribution in [0.2, 0.25) is 5.02 Å². The number of hydrogen-bond donors (Lipinski definition) is 1. The van der Waals surface area contributed by atoms with Crippen molar-refractivity contribution in [3.63, 3.8) is 0 Å². The van der Waals surface area contributed by atoms with E-state index in [1.807, 2.05) is 25.1 Å². The van der Waals surface area contributed by atoms with Crippen LogP contribution in [0.3, 0.4) is 0 Å². The van der Waals surface area contributed by atoms with Gasteiger partial charge in [-0.25, -0.2) is 8.42 Å². The van der Waals surface area contributed by atoms with Crippen LogP contribution in [0.4, 0.5) is 5.69 Å². The molecule has 144 valence electrons. The molecule has 1 amide bonds. The lowest BCUT2D eigenvalue weighted by Gasteiger charge is -2.37. The minimum Gasteiger partial charge on any atom is -0.360 e. The van der Waals surface area contributed by atoms with E-state index >= 15 is 0 Å². The lowest BCUT2D eigenvalue weighted by molar-refractivity contribution is -0.915. The minimum absolute atomic E-state index is 0.0401. The van der Waals surface area contributed by atoms with Crippen molar-refractivity contribution in [3.05, 3.63) is 29.3 Å². The van der Waals surface area contributed by atoms with Crippen LogP contribution in [0.25, 0.3) is 0 Å². The van der Waals surface area contributed by atoms with Crippen LogP contribution in [-0.2, 0) is 14.6 Å². The smallest absolute Gasteiger partial charge is 0.280 e. The molecule has 1 N–H and O–H groups in total. The van der Waals surface area contributed by atoms with Crippen LogP contribution < -0.4 is 9.80 Å². The molecule has 3 rings (SSSR count). The Kier molecular flexibility index (Phi) is 5.79. The molecule has 0 bridgehead atoms. The summed E-state index contributed by atoms with van der Waals surface area (Å²) in [6.07, 6.45) is 0.551. The molecule has 2 atom stereocenters. The van der Waals surface area contributed by atoms with Crippen LogP contribution in [0.15, 0.2) is 24.3 Å². The molecule has 2 heterocycles. The van der Waals surface area contributed by atoms with Gasteiger partial charge in [-0.2, -0.15) is 0 Å². The number of nitrogens with one attached hydrogen (secondary N) is 1. The Labute approximate surface area is 160 Å². The molecule has 2 saturated heterocycles. The van der Waals surface area contributed by atoms with Gasteiger partial charge in [0.05, 0.1) is 37.7 Å². The SMILES string of the molecule is C[C@H](C(=O)N(C)[C@H]1CCS(=O)(=O)C1)[NH+]1CCN(c2cccc(Cl)c2)CC1. The molecule has 8 heteroatoms. The first kappa shape index (κ1) is 19.5. The molecule has 0 unspecified atom stereocenters. The highest BCUT2D eigenvalue weighted by atomic mass is 35.5. The number of quaternary nitrogens is 1. The molecule has 0 radical (unpaired) electrons. The topological polar surface area (TPSA) is 62.1 Å². The fourth-order valence-corrected chi connectivity index (χ4v) is 5.86. The van der Waals surface area contributed by atoms with E-state index in [2.05, 4.69) is 11.0 Å². The summed E-state index contributed by atoms with van der Waals surface area (Å²) in [6.45, 7) is 5.43. The molecule has 2 aliphatic rings. The van der Waals surface area contributed by atoms with E-state index in [1.165, 1.54) is 4.90 Å². The van der Waals surface area contributed by atoms with E-state index in [4.69, 9.17) is 11.6 Å². The highest BCUT2D eigenvalue weighted by Gasteiger charge is 2.37. The predicted molar refractivity (Wildman–Crippen MR) is 104 cm³/mol. The maximum absolute atomic E-state index is 12.8. The van der Waals surface area contributed by atoms with Crippen molar-refractivity contribution in [1.82, 2.24) is 4.90 Å². The van der Waals surface area contributed by atoms with Gasteiger partial charge in [-0.1, -0.05) is 17.7 Å². The van der Waals surface area contributed by atoms with E-state index in [0.717, 1.165) is 36.9 Å². The summed E-state index contributed by atoms with van der Waals surface area (Å²) in [4.78, 5) is 18.0. The molecule has 0 spiro atoms. The molecule has 26 heavy (non-hydrogen) atoms. The third-order valence-corrected chi connectivity index (χ3v) is 7.65. The van der Waals surface area contributed by atoms with Gasteiger partial charge >= 0.3 is 0 Å². The summed E-state index contributed by atoms with van der Waals surface area (Å²) in [6, 6.07) is 7.50. The van der Waals surface area contributed by atoms with Crippen LogP contribution >= 0.6 is 11.6 Å². The second kappa shape index (κ2) is 7.74. The first-order valence-corrected chi connectivity index (χ1v) is 11.3. The molecule has 1 aromatic carbocycles. The summed E-state index contributed by atoms with van der Waals surface area (Å²) in [7, 11) is -1.24. The summed E-state index contributed by atoms with van der Waals surface area (Å²) < 4.78 is 23.4. The highest BCUT2D eigenvalue weighted by molar-refractivity contribution is 7.91. The average molecular weight is 401 g/mol. The van der Waals surface area contributed by atoms with Crippen molar-refractivity contribution in [1.29, 1.82) is 0 Å². The van der Waals surface area contributed by atoms with Crippen LogP contribution in [0, 0.1) is 0 Å². The number of hydrogen-bond acceptors (Lipinski definition) is 4. The maximum atomic E-state index is 12.8. The lowest BCUT2D eigenvalue weighted by Crippen LogP contribution is -3.19. The number of anilines is 1. The number of likely N-dealkylation sites (N-methyl/N-ethyl adjacent to an activating group) is 1. The number of rotatable bonds is 4. The minimum atomic E-state index is -2.98. The quantitative estimate of drug-likeness (QED) is 0.777. The molecule has 0 aliphatic carbocycles. The van der Waals surface area contributed by atoms with Gasteiger partial charge in [0.25, 0.3) is 5.91 Å². The number of sulfone groups is 1. The summed E-state index contributed by atoms with van der Waals surface area (Å²) >= 11 is 6.08. The molecule has 1 aromatic rings. The van der Waals surface area contributed by atoms with Crippen molar-refractivity contribution in [3.8, 4) is 0 Å².